The predicted molar refractivity (Wildman–Crippen MR) is 358 cm³/mol. The second kappa shape index (κ2) is 70.1. The van der Waals surface area contributed by atoms with Gasteiger partial charge in [0.15, 0.2) is 6.10 Å². The molecule has 0 saturated carbocycles. The lowest BCUT2D eigenvalue weighted by molar-refractivity contribution is -0.167. The lowest BCUT2D eigenvalue weighted by Crippen LogP contribution is -2.30. The van der Waals surface area contributed by atoms with Crippen LogP contribution >= 0.6 is 0 Å². The van der Waals surface area contributed by atoms with Crippen LogP contribution in [0.3, 0.4) is 0 Å². The highest BCUT2D eigenvalue weighted by Crippen LogP contribution is 2.17. The molecule has 0 aromatic heterocycles. The van der Waals surface area contributed by atoms with E-state index < -0.39 is 6.10 Å². The Labute approximate surface area is 509 Å². The summed E-state index contributed by atoms with van der Waals surface area (Å²) >= 11 is 0. The monoisotopic (exact) mass is 1140 g/mol. The minimum absolute atomic E-state index is 0.0786. The number of rotatable bonds is 65. The van der Waals surface area contributed by atoms with Gasteiger partial charge in [0.25, 0.3) is 0 Å². The molecule has 6 nitrogen and oxygen atoms in total. The number of allylic oxidation sites excluding steroid dienone is 14. The number of unbranched alkanes of at least 4 members (excludes halogenated alkanes) is 40. The number of carbonyl (C=O) groups is 3. The lowest BCUT2D eigenvalue weighted by Gasteiger charge is -2.18. The maximum atomic E-state index is 13.0. The van der Waals surface area contributed by atoms with Gasteiger partial charge in [0.2, 0.25) is 0 Å². The van der Waals surface area contributed by atoms with Crippen LogP contribution in [0.25, 0.3) is 0 Å². The fourth-order valence-electron chi connectivity index (χ4n) is 10.3. The molecule has 0 rings (SSSR count). The molecule has 82 heavy (non-hydrogen) atoms. The van der Waals surface area contributed by atoms with Crippen LogP contribution in [-0.4, -0.2) is 37.2 Å². The van der Waals surface area contributed by atoms with Crippen LogP contribution in [-0.2, 0) is 28.6 Å². The van der Waals surface area contributed by atoms with E-state index >= 15 is 0 Å². The van der Waals surface area contributed by atoms with Gasteiger partial charge in [-0.15, -0.1) is 0 Å². The number of ether oxygens (including phenoxy) is 3. The van der Waals surface area contributed by atoms with E-state index in [1.165, 1.54) is 225 Å². The van der Waals surface area contributed by atoms with Crippen LogP contribution < -0.4 is 0 Å². The molecule has 0 fully saturated rings. The molecule has 0 saturated heterocycles. The summed E-state index contributed by atoms with van der Waals surface area (Å²) in [5, 5.41) is 0. The van der Waals surface area contributed by atoms with Crippen molar-refractivity contribution in [2.45, 2.75) is 367 Å². The van der Waals surface area contributed by atoms with Crippen molar-refractivity contribution in [1.82, 2.24) is 0 Å². The van der Waals surface area contributed by atoms with Crippen LogP contribution in [0.2, 0.25) is 0 Å². The first-order valence-corrected chi connectivity index (χ1v) is 35.6. The van der Waals surface area contributed by atoms with Crippen molar-refractivity contribution in [3.8, 4) is 0 Å². The van der Waals surface area contributed by atoms with Crippen LogP contribution in [0.4, 0.5) is 0 Å². The summed E-state index contributed by atoms with van der Waals surface area (Å²) in [5.74, 6) is -0.871. The molecule has 0 aromatic rings. The minimum Gasteiger partial charge on any atom is -0.462 e. The highest BCUT2D eigenvalue weighted by Gasteiger charge is 2.19. The van der Waals surface area contributed by atoms with E-state index in [0.717, 1.165) is 96.3 Å². The van der Waals surface area contributed by atoms with E-state index in [4.69, 9.17) is 14.2 Å². The summed E-state index contributed by atoms with van der Waals surface area (Å²) in [6.45, 7) is 6.55. The number of hydrogen-bond donors (Lipinski definition) is 0. The molecule has 0 aliphatic heterocycles. The van der Waals surface area contributed by atoms with Crippen molar-refractivity contribution < 1.29 is 28.6 Å². The second-order valence-corrected chi connectivity index (χ2v) is 23.8. The molecule has 0 bridgehead atoms. The van der Waals surface area contributed by atoms with Crippen LogP contribution in [0, 0.1) is 0 Å². The van der Waals surface area contributed by atoms with Crippen molar-refractivity contribution in [2.24, 2.45) is 0 Å². The van der Waals surface area contributed by atoms with Gasteiger partial charge >= 0.3 is 17.9 Å². The van der Waals surface area contributed by atoms with Gasteiger partial charge in [0.1, 0.15) is 13.2 Å². The lowest BCUT2D eigenvalue weighted by atomic mass is 10.0. The average molecular weight is 1140 g/mol. The van der Waals surface area contributed by atoms with E-state index in [9.17, 15) is 14.4 Å². The van der Waals surface area contributed by atoms with Gasteiger partial charge in [-0.1, -0.05) is 311 Å². The van der Waals surface area contributed by atoms with E-state index in [-0.39, 0.29) is 31.1 Å². The van der Waals surface area contributed by atoms with Crippen molar-refractivity contribution in [2.75, 3.05) is 13.2 Å². The Bertz CT molecular complexity index is 1550. The molecular formula is C76H134O6. The Kier molecular flexibility index (Phi) is 67.2. The molecule has 0 N–H and O–H groups in total. The van der Waals surface area contributed by atoms with Gasteiger partial charge in [-0.25, -0.2) is 0 Å². The summed E-state index contributed by atoms with van der Waals surface area (Å²) in [6, 6.07) is 0. The zero-order valence-corrected chi connectivity index (χ0v) is 54.5. The molecule has 0 amide bonds. The topological polar surface area (TPSA) is 78.9 Å². The van der Waals surface area contributed by atoms with Gasteiger partial charge in [0.05, 0.1) is 0 Å². The fourth-order valence-corrected chi connectivity index (χ4v) is 10.3. The normalized spacial score (nSPS) is 12.6. The third-order valence-electron chi connectivity index (χ3n) is 15.6. The first kappa shape index (κ1) is 78.6. The number of hydrogen-bond acceptors (Lipinski definition) is 6. The Hall–Kier alpha value is -3.41. The third kappa shape index (κ3) is 67.4. The first-order valence-electron chi connectivity index (χ1n) is 35.6. The molecule has 474 valence electrons. The average Bonchev–Trinajstić information content (AvgIpc) is 3.47. The minimum atomic E-state index is -0.784. The van der Waals surface area contributed by atoms with Crippen molar-refractivity contribution in [1.29, 1.82) is 0 Å². The van der Waals surface area contributed by atoms with Crippen LogP contribution in [0.15, 0.2) is 85.1 Å². The summed E-state index contributed by atoms with van der Waals surface area (Å²) in [4.78, 5) is 38.5. The molecule has 0 heterocycles. The van der Waals surface area contributed by atoms with Crippen molar-refractivity contribution >= 4 is 17.9 Å². The van der Waals surface area contributed by atoms with Gasteiger partial charge in [-0.05, 0) is 116 Å². The number of carbonyl (C=O) groups excluding carboxylic acids is 3. The summed E-state index contributed by atoms with van der Waals surface area (Å²) in [6.07, 6.45) is 93.1. The Morgan fingerprint density at radius 3 is 0.768 bits per heavy atom. The molecule has 1 atom stereocenters. The zero-order valence-electron chi connectivity index (χ0n) is 54.5. The van der Waals surface area contributed by atoms with Crippen LogP contribution in [0.1, 0.15) is 361 Å². The summed E-state index contributed by atoms with van der Waals surface area (Å²) < 4.78 is 17.0. The molecule has 0 aromatic carbocycles. The van der Waals surface area contributed by atoms with Gasteiger partial charge in [-0.2, -0.15) is 0 Å². The molecule has 1 unspecified atom stereocenters. The molecule has 0 radical (unpaired) electrons. The quantitative estimate of drug-likeness (QED) is 0.0261. The third-order valence-corrected chi connectivity index (χ3v) is 15.6. The summed E-state index contributed by atoms with van der Waals surface area (Å²) in [7, 11) is 0. The maximum absolute atomic E-state index is 13.0. The SMILES string of the molecule is CC/C=C\C/C=C\C/C=C\C/C=C\CCCCCCCCCCCCCCC(=O)OCC(COC(=O)CCCCCCCCC/C=C\C/C=C\CCCCCC)OC(=O)CCCCCCCCCCC/C=C\CCCCCCCCCC. The highest BCUT2D eigenvalue weighted by molar-refractivity contribution is 5.71. The van der Waals surface area contributed by atoms with Crippen LogP contribution in [0.5, 0.6) is 0 Å². The highest BCUT2D eigenvalue weighted by atomic mass is 16.6. The smallest absolute Gasteiger partial charge is 0.306 e. The molecular weight excluding hydrogens is 1010 g/mol. The number of esters is 3. The zero-order chi connectivity index (χ0) is 59.2. The Morgan fingerprint density at radius 2 is 0.476 bits per heavy atom. The standard InChI is InChI=1S/C76H134O6/c1-4-7-10-13-16-19-22-25-28-31-34-36-37-38-39-41-42-45-48-51-54-57-60-63-66-69-75(78)81-72-73(71-80-74(77)68-65-62-59-56-53-50-47-44-33-30-27-24-21-18-15-12-9-6-3)82-76(79)70-67-64-61-58-55-52-49-46-43-40-35-32-29-26-23-20-17-14-11-8-5-2/h7,10,16,19,21,24-25,28,30,32-36,73H,4-6,8-9,11-15,17-18,20,22-23,26-27,29,31,37-72H2,1-3H3/b10-7-,19-16-,24-21-,28-25-,33-30-,35-32-,36-34-. The van der Waals surface area contributed by atoms with E-state index in [1.54, 1.807) is 0 Å². The second-order valence-electron chi connectivity index (χ2n) is 23.8. The van der Waals surface area contributed by atoms with Gasteiger partial charge in [0, 0.05) is 19.3 Å². The van der Waals surface area contributed by atoms with Gasteiger partial charge in [-0.3, -0.25) is 14.4 Å². The fraction of sp³-hybridized carbons (Fsp3) is 0.776. The Morgan fingerprint density at radius 1 is 0.256 bits per heavy atom. The maximum Gasteiger partial charge on any atom is 0.306 e. The molecule has 6 heteroatoms. The van der Waals surface area contributed by atoms with E-state index in [0.29, 0.717) is 19.3 Å². The van der Waals surface area contributed by atoms with Gasteiger partial charge < -0.3 is 14.2 Å². The van der Waals surface area contributed by atoms with Crippen molar-refractivity contribution in [3.05, 3.63) is 85.1 Å². The first-order chi connectivity index (χ1) is 40.5. The predicted octanol–water partition coefficient (Wildman–Crippen LogP) is 24.6. The van der Waals surface area contributed by atoms with E-state index in [2.05, 4.69) is 106 Å². The molecule has 0 spiro atoms. The molecule has 0 aliphatic rings. The summed E-state index contributed by atoms with van der Waals surface area (Å²) in [5.41, 5.74) is 0. The largest absolute Gasteiger partial charge is 0.462 e. The molecule has 0 aliphatic carbocycles. The Balaban J connectivity index is 4.35. The van der Waals surface area contributed by atoms with E-state index in [1.807, 2.05) is 0 Å². The van der Waals surface area contributed by atoms with Crippen molar-refractivity contribution in [3.63, 3.8) is 0 Å².